The molecule has 0 bridgehead atoms. The first kappa shape index (κ1) is 13.9. The van der Waals surface area contributed by atoms with Crippen LogP contribution in [0.25, 0.3) is 0 Å². The zero-order chi connectivity index (χ0) is 14.0. The maximum atomic E-state index is 12.0. The van der Waals surface area contributed by atoms with E-state index < -0.39 is 0 Å². The van der Waals surface area contributed by atoms with Crippen molar-refractivity contribution >= 4 is 11.6 Å². The molecule has 1 aliphatic carbocycles. The maximum absolute atomic E-state index is 12.0. The SMILES string of the molecule is Cc1ccc(C(=O)N(C)C)cc1NC1CCC(N)C1. The molecule has 19 heavy (non-hydrogen) atoms. The molecule has 0 radical (unpaired) electrons. The minimum absolute atomic E-state index is 0.0335. The average molecular weight is 261 g/mol. The van der Waals surface area contributed by atoms with Crippen molar-refractivity contribution in [3.05, 3.63) is 29.3 Å². The van der Waals surface area contributed by atoms with Gasteiger partial charge >= 0.3 is 0 Å². The highest BCUT2D eigenvalue weighted by atomic mass is 16.2. The number of aryl methyl sites for hydroxylation is 1. The second kappa shape index (κ2) is 5.61. The first-order chi connectivity index (χ1) is 8.97. The summed E-state index contributed by atoms with van der Waals surface area (Å²) in [7, 11) is 3.54. The minimum Gasteiger partial charge on any atom is -0.382 e. The molecule has 104 valence electrons. The summed E-state index contributed by atoms with van der Waals surface area (Å²) < 4.78 is 0. The topological polar surface area (TPSA) is 58.4 Å². The van der Waals surface area contributed by atoms with Crippen molar-refractivity contribution in [3.8, 4) is 0 Å². The molecule has 3 N–H and O–H groups in total. The van der Waals surface area contributed by atoms with Crippen LogP contribution in [0.4, 0.5) is 5.69 Å². The van der Waals surface area contributed by atoms with Crippen LogP contribution in [0.15, 0.2) is 18.2 Å². The summed E-state index contributed by atoms with van der Waals surface area (Å²) in [5.41, 5.74) is 8.87. The lowest BCUT2D eigenvalue weighted by molar-refractivity contribution is 0.0827. The van der Waals surface area contributed by atoms with Crippen LogP contribution in [0.2, 0.25) is 0 Å². The Labute approximate surface area is 115 Å². The van der Waals surface area contributed by atoms with E-state index in [4.69, 9.17) is 5.73 Å². The lowest BCUT2D eigenvalue weighted by Crippen LogP contribution is -2.23. The molecular weight excluding hydrogens is 238 g/mol. The Balaban J connectivity index is 2.15. The number of nitrogens with two attached hydrogens (primary N) is 1. The fraction of sp³-hybridized carbons (Fsp3) is 0.533. The molecule has 1 saturated carbocycles. The Morgan fingerprint density at radius 1 is 1.37 bits per heavy atom. The van der Waals surface area contributed by atoms with E-state index in [1.54, 1.807) is 19.0 Å². The van der Waals surface area contributed by atoms with Crippen LogP contribution >= 0.6 is 0 Å². The highest BCUT2D eigenvalue weighted by molar-refractivity contribution is 5.95. The maximum Gasteiger partial charge on any atom is 0.253 e. The van der Waals surface area contributed by atoms with Gasteiger partial charge in [0.15, 0.2) is 0 Å². The second-order valence-corrected chi connectivity index (χ2v) is 5.64. The molecular formula is C15H23N3O. The van der Waals surface area contributed by atoms with Crippen molar-refractivity contribution in [1.82, 2.24) is 4.90 Å². The van der Waals surface area contributed by atoms with E-state index in [1.165, 1.54) is 0 Å². The summed E-state index contributed by atoms with van der Waals surface area (Å²) >= 11 is 0. The first-order valence-corrected chi connectivity index (χ1v) is 6.82. The molecule has 1 aromatic carbocycles. The number of nitrogens with one attached hydrogen (secondary N) is 1. The van der Waals surface area contributed by atoms with Crippen LogP contribution < -0.4 is 11.1 Å². The quantitative estimate of drug-likeness (QED) is 0.875. The van der Waals surface area contributed by atoms with E-state index in [0.717, 1.165) is 36.1 Å². The number of carbonyl (C=O) groups is 1. The number of nitrogens with zero attached hydrogens (tertiary/aromatic N) is 1. The lowest BCUT2D eigenvalue weighted by Gasteiger charge is -2.18. The van der Waals surface area contributed by atoms with Gasteiger partial charge in [-0.25, -0.2) is 0 Å². The summed E-state index contributed by atoms with van der Waals surface area (Å²) in [5, 5.41) is 3.52. The van der Waals surface area contributed by atoms with Crippen LogP contribution in [-0.4, -0.2) is 37.0 Å². The Kier molecular flexibility index (Phi) is 4.10. The Morgan fingerprint density at radius 2 is 2.11 bits per heavy atom. The van der Waals surface area contributed by atoms with Gasteiger partial charge in [0.2, 0.25) is 0 Å². The van der Waals surface area contributed by atoms with Crippen molar-refractivity contribution in [1.29, 1.82) is 0 Å². The van der Waals surface area contributed by atoms with Crippen LogP contribution in [0.1, 0.15) is 35.2 Å². The monoisotopic (exact) mass is 261 g/mol. The molecule has 0 aliphatic heterocycles. The third-order valence-corrected chi connectivity index (χ3v) is 3.72. The van der Waals surface area contributed by atoms with Crippen molar-refractivity contribution in [2.24, 2.45) is 5.73 Å². The van der Waals surface area contributed by atoms with Gasteiger partial charge in [0, 0.05) is 37.4 Å². The van der Waals surface area contributed by atoms with Crippen LogP contribution in [0.5, 0.6) is 0 Å². The average Bonchev–Trinajstić information content (AvgIpc) is 2.76. The van der Waals surface area contributed by atoms with Crippen molar-refractivity contribution in [2.75, 3.05) is 19.4 Å². The molecule has 4 nitrogen and oxygen atoms in total. The standard InChI is InChI=1S/C15H23N3O/c1-10-4-5-11(15(19)18(2)3)8-14(10)17-13-7-6-12(16)9-13/h4-5,8,12-13,17H,6-7,9,16H2,1-3H3. The van der Waals surface area contributed by atoms with E-state index in [9.17, 15) is 4.79 Å². The lowest BCUT2D eigenvalue weighted by atomic mass is 10.1. The molecule has 1 fully saturated rings. The number of hydrogen-bond acceptors (Lipinski definition) is 3. The molecule has 0 aromatic heterocycles. The summed E-state index contributed by atoms with van der Waals surface area (Å²) in [5.74, 6) is 0.0335. The third-order valence-electron chi connectivity index (χ3n) is 3.72. The highest BCUT2D eigenvalue weighted by Gasteiger charge is 2.22. The van der Waals surface area contributed by atoms with E-state index in [0.29, 0.717) is 12.1 Å². The Morgan fingerprint density at radius 3 is 2.68 bits per heavy atom. The largest absolute Gasteiger partial charge is 0.382 e. The molecule has 2 atom stereocenters. The van der Waals surface area contributed by atoms with Gasteiger partial charge in [0.25, 0.3) is 5.91 Å². The van der Waals surface area contributed by atoms with Gasteiger partial charge in [0.1, 0.15) is 0 Å². The van der Waals surface area contributed by atoms with Crippen molar-refractivity contribution in [2.45, 2.75) is 38.3 Å². The van der Waals surface area contributed by atoms with Gasteiger partial charge in [0.05, 0.1) is 0 Å². The van der Waals surface area contributed by atoms with Crippen LogP contribution in [0.3, 0.4) is 0 Å². The molecule has 0 spiro atoms. The molecule has 2 unspecified atom stereocenters. The molecule has 1 aromatic rings. The van der Waals surface area contributed by atoms with Gasteiger partial charge in [-0.05, 0) is 43.9 Å². The van der Waals surface area contributed by atoms with Gasteiger partial charge in [-0.15, -0.1) is 0 Å². The first-order valence-electron chi connectivity index (χ1n) is 6.82. The predicted molar refractivity (Wildman–Crippen MR) is 78.4 cm³/mol. The van der Waals surface area contributed by atoms with Crippen molar-refractivity contribution < 1.29 is 4.79 Å². The van der Waals surface area contributed by atoms with Crippen LogP contribution in [-0.2, 0) is 0 Å². The molecule has 2 rings (SSSR count). The van der Waals surface area contributed by atoms with E-state index >= 15 is 0 Å². The fourth-order valence-electron chi connectivity index (χ4n) is 2.54. The van der Waals surface area contributed by atoms with Gasteiger partial charge in [-0.2, -0.15) is 0 Å². The predicted octanol–water partition coefficient (Wildman–Crippen LogP) is 1.99. The Bertz CT molecular complexity index is 470. The highest BCUT2D eigenvalue weighted by Crippen LogP contribution is 2.25. The molecule has 0 heterocycles. The molecule has 0 saturated heterocycles. The zero-order valence-corrected chi connectivity index (χ0v) is 11.9. The number of amides is 1. The number of anilines is 1. The van der Waals surface area contributed by atoms with Gasteiger partial charge in [-0.1, -0.05) is 6.07 Å². The molecule has 1 aliphatic rings. The fourth-order valence-corrected chi connectivity index (χ4v) is 2.54. The summed E-state index contributed by atoms with van der Waals surface area (Å²) in [4.78, 5) is 13.6. The van der Waals surface area contributed by atoms with Gasteiger partial charge < -0.3 is 16.0 Å². The normalized spacial score (nSPS) is 22.3. The molecule has 1 amide bonds. The van der Waals surface area contributed by atoms with E-state index in [2.05, 4.69) is 12.2 Å². The Hall–Kier alpha value is -1.55. The van der Waals surface area contributed by atoms with Crippen molar-refractivity contribution in [3.63, 3.8) is 0 Å². The van der Waals surface area contributed by atoms with E-state index in [-0.39, 0.29) is 5.91 Å². The smallest absolute Gasteiger partial charge is 0.253 e. The third kappa shape index (κ3) is 3.26. The minimum atomic E-state index is 0.0335. The molecule has 4 heteroatoms. The summed E-state index contributed by atoms with van der Waals surface area (Å²) in [6, 6.07) is 6.56. The summed E-state index contributed by atoms with van der Waals surface area (Å²) in [6.07, 6.45) is 3.19. The van der Waals surface area contributed by atoms with Gasteiger partial charge in [-0.3, -0.25) is 4.79 Å². The van der Waals surface area contributed by atoms with E-state index in [1.807, 2.05) is 18.2 Å². The number of benzene rings is 1. The number of carbonyl (C=O) groups excluding carboxylic acids is 1. The zero-order valence-electron chi connectivity index (χ0n) is 11.9. The number of hydrogen-bond donors (Lipinski definition) is 2. The second-order valence-electron chi connectivity index (χ2n) is 5.64. The van der Waals surface area contributed by atoms with Crippen LogP contribution in [0, 0.1) is 6.92 Å². The summed E-state index contributed by atoms with van der Waals surface area (Å²) in [6.45, 7) is 2.06. The number of rotatable bonds is 3.